The second-order valence-corrected chi connectivity index (χ2v) is 7.06. The lowest BCUT2D eigenvalue weighted by molar-refractivity contribution is 0.0860. The third kappa shape index (κ3) is 19.7. The average molecular weight is 342 g/mol. The van der Waals surface area contributed by atoms with E-state index in [2.05, 4.69) is 12.2 Å². The number of allylic oxidation sites excluding steroid dienone is 2. The molecule has 1 unspecified atom stereocenters. The van der Waals surface area contributed by atoms with Crippen molar-refractivity contribution in [3.63, 3.8) is 0 Å². The summed E-state index contributed by atoms with van der Waals surface area (Å²) in [5, 5.41) is 18.0. The molecule has 0 bridgehead atoms. The van der Waals surface area contributed by atoms with Crippen LogP contribution < -0.4 is 5.73 Å². The highest BCUT2D eigenvalue weighted by atomic mass is 16.3. The van der Waals surface area contributed by atoms with Crippen LogP contribution in [0, 0.1) is 0 Å². The van der Waals surface area contributed by atoms with Crippen molar-refractivity contribution >= 4 is 0 Å². The number of unbranched alkanes of at least 4 members (excludes halogenated alkanes) is 13. The first-order valence-corrected chi connectivity index (χ1v) is 10.4. The van der Waals surface area contributed by atoms with Gasteiger partial charge in [-0.2, -0.15) is 0 Å². The minimum Gasteiger partial charge on any atom is -0.394 e. The van der Waals surface area contributed by atoms with Crippen LogP contribution in [0.15, 0.2) is 12.2 Å². The maximum absolute atomic E-state index is 9.23. The Labute approximate surface area is 150 Å². The van der Waals surface area contributed by atoms with Gasteiger partial charge in [-0.1, -0.05) is 76.4 Å². The van der Waals surface area contributed by atoms with Crippen molar-refractivity contribution in [3.05, 3.63) is 12.2 Å². The topological polar surface area (TPSA) is 66.5 Å². The predicted octanol–water partition coefficient (Wildman–Crippen LogP) is 5.10. The molecule has 144 valence electrons. The van der Waals surface area contributed by atoms with Crippen LogP contribution in [0.25, 0.3) is 0 Å². The number of aliphatic hydroxyl groups excluding tert-OH is 2. The predicted molar refractivity (Wildman–Crippen MR) is 105 cm³/mol. The first-order chi connectivity index (χ1) is 11.8. The van der Waals surface area contributed by atoms with E-state index in [1.807, 2.05) is 0 Å². The lowest BCUT2D eigenvalue weighted by Gasteiger charge is -2.06. The molecular weight excluding hydrogens is 298 g/mol. The van der Waals surface area contributed by atoms with Crippen molar-refractivity contribution in [2.24, 2.45) is 5.73 Å². The number of hydrogen-bond donors (Lipinski definition) is 3. The van der Waals surface area contributed by atoms with E-state index in [0.717, 1.165) is 19.4 Å². The van der Waals surface area contributed by atoms with Crippen LogP contribution in [0.3, 0.4) is 0 Å². The van der Waals surface area contributed by atoms with E-state index in [1.165, 1.54) is 89.9 Å². The second kappa shape index (κ2) is 20.7. The maximum Gasteiger partial charge on any atom is 0.0770 e. The molecule has 0 aliphatic carbocycles. The molecule has 0 aromatic heterocycles. The standard InChI is InChI=1S/C21H43NO2/c22-19-17-15-13-11-9-7-5-3-1-2-4-6-8-10-12-14-16-18-21(24)20-23/h1,3,21,23-24H,2,4-20,22H2/b3-1-. The Balaban J connectivity index is 3.08. The number of rotatable bonds is 19. The van der Waals surface area contributed by atoms with E-state index in [4.69, 9.17) is 10.8 Å². The first kappa shape index (κ1) is 23.6. The highest BCUT2D eigenvalue weighted by molar-refractivity contribution is 4.81. The van der Waals surface area contributed by atoms with Crippen LogP contribution in [0.1, 0.15) is 103 Å². The Morgan fingerprint density at radius 2 is 1.04 bits per heavy atom. The van der Waals surface area contributed by atoms with Crippen LogP contribution in [-0.2, 0) is 0 Å². The van der Waals surface area contributed by atoms with E-state index in [-0.39, 0.29) is 6.61 Å². The van der Waals surface area contributed by atoms with Gasteiger partial charge in [0.2, 0.25) is 0 Å². The van der Waals surface area contributed by atoms with Gasteiger partial charge < -0.3 is 15.9 Å². The molecule has 0 aliphatic rings. The largest absolute Gasteiger partial charge is 0.394 e. The van der Waals surface area contributed by atoms with Crippen molar-refractivity contribution < 1.29 is 10.2 Å². The Kier molecular flexibility index (Phi) is 20.3. The summed E-state index contributed by atoms with van der Waals surface area (Å²) < 4.78 is 0. The molecule has 0 fully saturated rings. The SMILES string of the molecule is NCCCCCCCC/C=C\CCCCCCCCCC(O)CO. The minimum atomic E-state index is -0.507. The van der Waals surface area contributed by atoms with E-state index in [1.54, 1.807) is 0 Å². The molecule has 0 heterocycles. The molecular formula is C21H43NO2. The zero-order valence-electron chi connectivity index (χ0n) is 15.9. The van der Waals surface area contributed by atoms with Crippen LogP contribution in [-0.4, -0.2) is 29.5 Å². The molecule has 3 heteroatoms. The van der Waals surface area contributed by atoms with E-state index >= 15 is 0 Å². The summed E-state index contributed by atoms with van der Waals surface area (Å²) in [6.45, 7) is 0.750. The van der Waals surface area contributed by atoms with Gasteiger partial charge in [-0.3, -0.25) is 0 Å². The van der Waals surface area contributed by atoms with Gasteiger partial charge in [-0.15, -0.1) is 0 Å². The number of aliphatic hydroxyl groups is 2. The Hall–Kier alpha value is -0.380. The second-order valence-electron chi connectivity index (χ2n) is 7.06. The summed E-state index contributed by atoms with van der Waals surface area (Å²) in [7, 11) is 0. The molecule has 0 aliphatic heterocycles. The molecule has 4 N–H and O–H groups in total. The van der Waals surface area contributed by atoms with Crippen LogP contribution in [0.2, 0.25) is 0 Å². The number of nitrogens with two attached hydrogens (primary N) is 1. The normalized spacial score (nSPS) is 13.0. The fraction of sp³-hybridized carbons (Fsp3) is 0.905. The zero-order chi connectivity index (χ0) is 17.7. The quantitative estimate of drug-likeness (QED) is 0.226. The summed E-state index contributed by atoms with van der Waals surface area (Å²) in [4.78, 5) is 0. The molecule has 0 aromatic carbocycles. The highest BCUT2D eigenvalue weighted by Crippen LogP contribution is 2.11. The van der Waals surface area contributed by atoms with E-state index in [0.29, 0.717) is 0 Å². The fourth-order valence-electron chi connectivity index (χ4n) is 2.97. The lowest BCUT2D eigenvalue weighted by atomic mass is 10.1. The summed E-state index contributed by atoms with van der Waals surface area (Å²) in [6.07, 6.45) is 24.1. The summed E-state index contributed by atoms with van der Waals surface area (Å²) in [5.74, 6) is 0. The minimum absolute atomic E-state index is 0.0949. The van der Waals surface area contributed by atoms with E-state index < -0.39 is 6.10 Å². The van der Waals surface area contributed by atoms with Gasteiger partial charge in [0.05, 0.1) is 12.7 Å². The van der Waals surface area contributed by atoms with Gasteiger partial charge in [0, 0.05) is 0 Å². The molecule has 1 atom stereocenters. The van der Waals surface area contributed by atoms with Crippen molar-refractivity contribution in [2.75, 3.05) is 13.2 Å². The molecule has 0 rings (SSSR count). The molecule has 3 nitrogen and oxygen atoms in total. The molecule has 0 saturated heterocycles. The van der Waals surface area contributed by atoms with Gasteiger partial charge in [0.15, 0.2) is 0 Å². The molecule has 0 spiro atoms. The summed E-state index contributed by atoms with van der Waals surface area (Å²) in [5.41, 5.74) is 5.48. The van der Waals surface area contributed by atoms with Crippen molar-refractivity contribution in [2.45, 2.75) is 109 Å². The van der Waals surface area contributed by atoms with Gasteiger partial charge in [-0.25, -0.2) is 0 Å². The third-order valence-electron chi connectivity index (χ3n) is 4.61. The summed E-state index contributed by atoms with van der Waals surface area (Å²) >= 11 is 0. The van der Waals surface area contributed by atoms with Crippen LogP contribution >= 0.6 is 0 Å². The average Bonchev–Trinajstić information content (AvgIpc) is 2.60. The van der Waals surface area contributed by atoms with Gasteiger partial charge >= 0.3 is 0 Å². The van der Waals surface area contributed by atoms with Crippen LogP contribution in [0.4, 0.5) is 0 Å². The van der Waals surface area contributed by atoms with Crippen molar-refractivity contribution in [1.82, 2.24) is 0 Å². The fourth-order valence-corrected chi connectivity index (χ4v) is 2.97. The molecule has 0 amide bonds. The van der Waals surface area contributed by atoms with Gasteiger partial charge in [-0.05, 0) is 45.1 Å². The lowest BCUT2D eigenvalue weighted by Crippen LogP contribution is -2.10. The first-order valence-electron chi connectivity index (χ1n) is 10.4. The Bertz CT molecular complexity index is 256. The van der Waals surface area contributed by atoms with Crippen molar-refractivity contribution in [3.8, 4) is 0 Å². The molecule has 24 heavy (non-hydrogen) atoms. The number of hydrogen-bond acceptors (Lipinski definition) is 3. The van der Waals surface area contributed by atoms with E-state index in [9.17, 15) is 5.11 Å². The molecule has 0 saturated carbocycles. The third-order valence-corrected chi connectivity index (χ3v) is 4.61. The van der Waals surface area contributed by atoms with Crippen LogP contribution in [0.5, 0.6) is 0 Å². The monoisotopic (exact) mass is 341 g/mol. The Morgan fingerprint density at radius 1 is 0.625 bits per heavy atom. The van der Waals surface area contributed by atoms with Crippen molar-refractivity contribution in [1.29, 1.82) is 0 Å². The molecule has 0 radical (unpaired) electrons. The Morgan fingerprint density at radius 3 is 1.50 bits per heavy atom. The molecule has 0 aromatic rings. The highest BCUT2D eigenvalue weighted by Gasteiger charge is 2.00. The van der Waals surface area contributed by atoms with Gasteiger partial charge in [0.1, 0.15) is 0 Å². The smallest absolute Gasteiger partial charge is 0.0770 e. The zero-order valence-corrected chi connectivity index (χ0v) is 15.9. The summed E-state index contributed by atoms with van der Waals surface area (Å²) in [6, 6.07) is 0. The maximum atomic E-state index is 9.23. The van der Waals surface area contributed by atoms with Gasteiger partial charge in [0.25, 0.3) is 0 Å².